The first kappa shape index (κ1) is 23.3. The highest BCUT2D eigenvalue weighted by Crippen LogP contribution is 2.40. The van der Waals surface area contributed by atoms with Gasteiger partial charge >= 0.3 is 6.18 Å². The van der Waals surface area contributed by atoms with Crippen molar-refractivity contribution in [3.8, 4) is 0 Å². The van der Waals surface area contributed by atoms with Crippen LogP contribution < -0.4 is 10.6 Å². The van der Waals surface area contributed by atoms with E-state index in [0.717, 1.165) is 51.3 Å². The van der Waals surface area contributed by atoms with Crippen molar-refractivity contribution in [2.75, 3.05) is 53.5 Å². The molecule has 0 unspecified atom stereocenters. The molecule has 28 heavy (non-hydrogen) atoms. The number of nitrogens with zero attached hydrogens (tertiary/aromatic N) is 2. The summed E-state index contributed by atoms with van der Waals surface area (Å²) in [7, 11) is 3.53. The van der Waals surface area contributed by atoms with E-state index in [1.54, 1.807) is 14.2 Å². The summed E-state index contributed by atoms with van der Waals surface area (Å²) in [4.78, 5) is 5.84. The number of nitrogens with one attached hydrogen (secondary N) is 2. The van der Waals surface area contributed by atoms with Crippen molar-refractivity contribution in [2.24, 2.45) is 16.3 Å². The van der Waals surface area contributed by atoms with Crippen LogP contribution in [0.4, 0.5) is 13.2 Å². The predicted octanol–water partition coefficient (Wildman–Crippen LogP) is 3.41. The van der Waals surface area contributed by atoms with Gasteiger partial charge in [0.1, 0.15) is 0 Å². The standard InChI is InChI=1S/C20H37F3N4O/c1-24-18(26-15-19(10-14-28-2)8-3-4-9-19)25-11-5-17-6-12-27(13-7-17)16-20(21,22)23/h17H,3-16H2,1-2H3,(H2,24,25,26). The van der Waals surface area contributed by atoms with Gasteiger partial charge in [0.05, 0.1) is 6.54 Å². The highest BCUT2D eigenvalue weighted by molar-refractivity contribution is 5.79. The van der Waals surface area contributed by atoms with Crippen LogP contribution in [0, 0.1) is 11.3 Å². The summed E-state index contributed by atoms with van der Waals surface area (Å²) in [5.41, 5.74) is 0.305. The number of methoxy groups -OCH3 is 1. The third-order valence-electron chi connectivity index (χ3n) is 6.31. The SMILES string of the molecule is CN=C(NCCC1CCN(CC(F)(F)F)CC1)NCC1(CCOC)CCCC1. The Morgan fingerprint density at radius 3 is 2.43 bits per heavy atom. The predicted molar refractivity (Wildman–Crippen MR) is 107 cm³/mol. The third kappa shape index (κ3) is 8.15. The second kappa shape index (κ2) is 11.2. The van der Waals surface area contributed by atoms with Crippen molar-refractivity contribution in [1.29, 1.82) is 0 Å². The van der Waals surface area contributed by atoms with E-state index in [9.17, 15) is 13.2 Å². The molecule has 0 aromatic rings. The molecule has 0 aromatic heterocycles. The van der Waals surface area contributed by atoms with E-state index in [4.69, 9.17) is 4.74 Å². The molecule has 0 aromatic carbocycles. The average molecular weight is 407 g/mol. The van der Waals surface area contributed by atoms with Crippen molar-refractivity contribution in [2.45, 2.75) is 57.5 Å². The molecule has 1 saturated heterocycles. The Kier molecular flexibility index (Phi) is 9.34. The zero-order valence-electron chi connectivity index (χ0n) is 17.4. The number of aliphatic imine (C=N–C) groups is 1. The van der Waals surface area contributed by atoms with Gasteiger partial charge in [-0.3, -0.25) is 9.89 Å². The summed E-state index contributed by atoms with van der Waals surface area (Å²) in [5, 5.41) is 6.86. The molecule has 8 heteroatoms. The number of guanidine groups is 1. The molecule has 2 rings (SSSR count). The molecule has 2 aliphatic rings. The summed E-state index contributed by atoms with van der Waals surface area (Å²) < 4.78 is 42.7. The lowest BCUT2D eigenvalue weighted by atomic mass is 9.83. The molecule has 0 radical (unpaired) electrons. The molecule has 1 aliphatic heterocycles. The van der Waals surface area contributed by atoms with Crippen molar-refractivity contribution >= 4 is 5.96 Å². The van der Waals surface area contributed by atoms with Crippen LogP contribution in [0.5, 0.6) is 0 Å². The fraction of sp³-hybridized carbons (Fsp3) is 0.950. The molecular weight excluding hydrogens is 369 g/mol. The van der Waals surface area contributed by atoms with Gasteiger partial charge in [0.15, 0.2) is 5.96 Å². The smallest absolute Gasteiger partial charge is 0.385 e. The summed E-state index contributed by atoms with van der Waals surface area (Å²) in [6, 6.07) is 0. The Bertz CT molecular complexity index is 471. The molecule has 2 fully saturated rings. The lowest BCUT2D eigenvalue weighted by Crippen LogP contribution is -2.44. The summed E-state index contributed by atoms with van der Waals surface area (Å²) in [6.45, 7) is 2.80. The minimum Gasteiger partial charge on any atom is -0.385 e. The van der Waals surface area contributed by atoms with E-state index in [2.05, 4.69) is 15.6 Å². The molecule has 1 saturated carbocycles. The number of ether oxygens (including phenoxy) is 1. The number of alkyl halides is 3. The van der Waals surface area contributed by atoms with Gasteiger partial charge in [-0.25, -0.2) is 0 Å². The molecule has 5 nitrogen and oxygen atoms in total. The van der Waals surface area contributed by atoms with Gasteiger partial charge in [0, 0.05) is 33.9 Å². The summed E-state index contributed by atoms with van der Waals surface area (Å²) in [6.07, 6.45) is 4.66. The summed E-state index contributed by atoms with van der Waals surface area (Å²) >= 11 is 0. The summed E-state index contributed by atoms with van der Waals surface area (Å²) in [5.74, 6) is 1.30. The first-order chi connectivity index (χ1) is 13.4. The van der Waals surface area contributed by atoms with Crippen LogP contribution in [0.1, 0.15) is 51.4 Å². The van der Waals surface area contributed by atoms with Crippen LogP contribution in [0.2, 0.25) is 0 Å². The Morgan fingerprint density at radius 1 is 1.18 bits per heavy atom. The largest absolute Gasteiger partial charge is 0.401 e. The van der Waals surface area contributed by atoms with E-state index < -0.39 is 12.7 Å². The molecule has 0 spiro atoms. The number of likely N-dealkylation sites (tertiary alicyclic amines) is 1. The Balaban J connectivity index is 1.65. The minimum atomic E-state index is -4.09. The van der Waals surface area contributed by atoms with Gasteiger partial charge in [-0.15, -0.1) is 0 Å². The van der Waals surface area contributed by atoms with Gasteiger partial charge in [-0.05, 0) is 62.9 Å². The topological polar surface area (TPSA) is 48.9 Å². The van der Waals surface area contributed by atoms with Crippen LogP contribution in [-0.4, -0.2) is 70.5 Å². The normalized spacial score (nSPS) is 21.8. The third-order valence-corrected chi connectivity index (χ3v) is 6.31. The quantitative estimate of drug-likeness (QED) is 0.455. The molecule has 0 atom stereocenters. The van der Waals surface area contributed by atoms with Crippen LogP contribution in [0.25, 0.3) is 0 Å². The molecule has 1 heterocycles. The second-order valence-corrected chi connectivity index (χ2v) is 8.43. The highest BCUT2D eigenvalue weighted by atomic mass is 19.4. The van der Waals surface area contributed by atoms with Gasteiger partial charge in [0.2, 0.25) is 0 Å². The molecule has 2 N–H and O–H groups in total. The molecule has 0 bridgehead atoms. The maximum absolute atomic E-state index is 12.5. The number of hydrogen-bond acceptors (Lipinski definition) is 3. The average Bonchev–Trinajstić information content (AvgIpc) is 3.12. The van der Waals surface area contributed by atoms with Crippen molar-refractivity contribution < 1.29 is 17.9 Å². The number of halogens is 3. The molecule has 1 aliphatic carbocycles. The fourth-order valence-corrected chi connectivity index (χ4v) is 4.53. The highest BCUT2D eigenvalue weighted by Gasteiger charge is 2.34. The monoisotopic (exact) mass is 406 g/mol. The molecular formula is C20H37F3N4O. The van der Waals surface area contributed by atoms with Crippen LogP contribution in [0.3, 0.4) is 0 Å². The number of piperidine rings is 1. The maximum Gasteiger partial charge on any atom is 0.401 e. The van der Waals surface area contributed by atoms with Gasteiger partial charge < -0.3 is 15.4 Å². The Hall–Kier alpha value is -1.02. The Morgan fingerprint density at radius 2 is 1.86 bits per heavy atom. The first-order valence-corrected chi connectivity index (χ1v) is 10.6. The van der Waals surface area contributed by atoms with Crippen LogP contribution in [0.15, 0.2) is 4.99 Å². The zero-order chi connectivity index (χ0) is 20.5. The van der Waals surface area contributed by atoms with Gasteiger partial charge in [-0.1, -0.05) is 12.8 Å². The zero-order valence-corrected chi connectivity index (χ0v) is 17.4. The Labute approximate surface area is 167 Å². The van der Waals surface area contributed by atoms with E-state index in [1.165, 1.54) is 30.6 Å². The van der Waals surface area contributed by atoms with Crippen molar-refractivity contribution in [3.05, 3.63) is 0 Å². The molecule has 164 valence electrons. The van der Waals surface area contributed by atoms with E-state index in [-0.39, 0.29) is 0 Å². The number of rotatable bonds is 9. The van der Waals surface area contributed by atoms with Crippen molar-refractivity contribution in [3.63, 3.8) is 0 Å². The van der Waals surface area contributed by atoms with Crippen LogP contribution >= 0.6 is 0 Å². The van der Waals surface area contributed by atoms with Gasteiger partial charge in [-0.2, -0.15) is 13.2 Å². The second-order valence-electron chi connectivity index (χ2n) is 8.43. The van der Waals surface area contributed by atoms with E-state index in [0.29, 0.717) is 24.4 Å². The maximum atomic E-state index is 12.5. The van der Waals surface area contributed by atoms with Gasteiger partial charge in [0.25, 0.3) is 0 Å². The molecule has 0 amide bonds. The fourth-order valence-electron chi connectivity index (χ4n) is 4.53. The van der Waals surface area contributed by atoms with E-state index >= 15 is 0 Å². The first-order valence-electron chi connectivity index (χ1n) is 10.6. The minimum absolute atomic E-state index is 0.305. The van der Waals surface area contributed by atoms with Crippen LogP contribution in [-0.2, 0) is 4.74 Å². The number of hydrogen-bond donors (Lipinski definition) is 2. The lowest BCUT2D eigenvalue weighted by Gasteiger charge is -2.32. The lowest BCUT2D eigenvalue weighted by molar-refractivity contribution is -0.148. The van der Waals surface area contributed by atoms with E-state index in [1.807, 2.05) is 0 Å². The van der Waals surface area contributed by atoms with Crippen molar-refractivity contribution in [1.82, 2.24) is 15.5 Å².